The zero-order valence-corrected chi connectivity index (χ0v) is 15.3. The second-order valence-corrected chi connectivity index (χ2v) is 6.59. The van der Waals surface area contributed by atoms with Gasteiger partial charge in [-0.25, -0.2) is 9.97 Å². The zero-order chi connectivity index (χ0) is 19.1. The standard InChI is InChI=1S/C17H25N7O3/c1-2-7-27-13-8-11(16(25)20-9-14-21-10-22-24-14)3-4-12(13)23-17(26)15-18-5-6-19-15/h5-6,10-13H,2-4,7-9H2,1H3,(H,18,19)(H,20,25)(H,23,26)(H,21,22,24)/t11-,12+,13+/m0/s1. The highest BCUT2D eigenvalue weighted by atomic mass is 16.5. The molecule has 3 atom stereocenters. The van der Waals surface area contributed by atoms with Crippen LogP contribution in [-0.2, 0) is 16.1 Å². The van der Waals surface area contributed by atoms with Crippen LogP contribution < -0.4 is 10.6 Å². The minimum atomic E-state index is -0.261. The van der Waals surface area contributed by atoms with Crippen LogP contribution in [0.1, 0.15) is 49.1 Å². The van der Waals surface area contributed by atoms with Gasteiger partial charge in [0.25, 0.3) is 5.91 Å². The Morgan fingerprint density at radius 1 is 1.33 bits per heavy atom. The molecule has 1 aliphatic rings. The minimum absolute atomic E-state index is 0.0349. The molecule has 10 heteroatoms. The molecule has 27 heavy (non-hydrogen) atoms. The van der Waals surface area contributed by atoms with Crippen LogP contribution in [0.5, 0.6) is 0 Å². The lowest BCUT2D eigenvalue weighted by Crippen LogP contribution is -2.50. The monoisotopic (exact) mass is 375 g/mol. The number of amides is 2. The molecule has 0 bridgehead atoms. The summed E-state index contributed by atoms with van der Waals surface area (Å²) >= 11 is 0. The summed E-state index contributed by atoms with van der Waals surface area (Å²) in [5, 5.41) is 12.3. The lowest BCUT2D eigenvalue weighted by Gasteiger charge is -2.35. The molecule has 0 aromatic carbocycles. The number of hydrogen-bond donors (Lipinski definition) is 4. The number of aromatic amines is 2. The maximum absolute atomic E-state index is 12.5. The van der Waals surface area contributed by atoms with Gasteiger partial charge in [0.05, 0.1) is 18.7 Å². The summed E-state index contributed by atoms with van der Waals surface area (Å²) in [6, 6.07) is -0.146. The third kappa shape index (κ3) is 5.13. The van der Waals surface area contributed by atoms with Crippen molar-refractivity contribution in [1.82, 2.24) is 35.8 Å². The Hall–Kier alpha value is -2.75. The van der Waals surface area contributed by atoms with Gasteiger partial charge < -0.3 is 20.4 Å². The molecule has 1 fully saturated rings. The molecule has 4 N–H and O–H groups in total. The van der Waals surface area contributed by atoms with Gasteiger partial charge in [0.15, 0.2) is 5.82 Å². The summed E-state index contributed by atoms with van der Waals surface area (Å²) in [5.74, 6) is 0.430. The van der Waals surface area contributed by atoms with Gasteiger partial charge in [-0.3, -0.25) is 14.7 Å². The number of carbonyl (C=O) groups excluding carboxylic acids is 2. The highest BCUT2D eigenvalue weighted by Gasteiger charge is 2.35. The molecule has 1 saturated carbocycles. The number of aromatic nitrogens is 5. The Morgan fingerprint density at radius 3 is 2.93 bits per heavy atom. The Kier molecular flexibility index (Phi) is 6.53. The van der Waals surface area contributed by atoms with Gasteiger partial charge in [-0.15, -0.1) is 0 Å². The van der Waals surface area contributed by atoms with Gasteiger partial charge in [0.2, 0.25) is 5.91 Å². The fourth-order valence-electron chi connectivity index (χ4n) is 3.24. The Labute approximate surface area is 156 Å². The van der Waals surface area contributed by atoms with E-state index < -0.39 is 0 Å². The van der Waals surface area contributed by atoms with E-state index in [1.807, 2.05) is 6.92 Å². The van der Waals surface area contributed by atoms with Crippen molar-refractivity contribution in [3.8, 4) is 0 Å². The lowest BCUT2D eigenvalue weighted by molar-refractivity contribution is -0.128. The molecule has 2 aromatic heterocycles. The van der Waals surface area contributed by atoms with E-state index in [0.717, 1.165) is 6.42 Å². The molecule has 0 spiro atoms. The molecule has 0 radical (unpaired) electrons. The van der Waals surface area contributed by atoms with Crippen molar-refractivity contribution in [1.29, 1.82) is 0 Å². The Morgan fingerprint density at radius 2 is 2.22 bits per heavy atom. The van der Waals surface area contributed by atoms with E-state index in [9.17, 15) is 9.59 Å². The van der Waals surface area contributed by atoms with Gasteiger partial charge in [-0.1, -0.05) is 6.92 Å². The third-order valence-corrected chi connectivity index (χ3v) is 4.62. The highest BCUT2D eigenvalue weighted by Crippen LogP contribution is 2.27. The zero-order valence-electron chi connectivity index (χ0n) is 15.3. The van der Waals surface area contributed by atoms with Gasteiger partial charge in [0, 0.05) is 24.9 Å². The van der Waals surface area contributed by atoms with Gasteiger partial charge >= 0.3 is 0 Å². The average Bonchev–Trinajstić information content (AvgIpc) is 3.39. The molecule has 0 saturated heterocycles. The normalized spacial score (nSPS) is 22.3. The van der Waals surface area contributed by atoms with E-state index >= 15 is 0 Å². The Bertz CT molecular complexity index is 717. The first kappa shape index (κ1) is 19.0. The Balaban J connectivity index is 1.56. The van der Waals surface area contributed by atoms with Crippen LogP contribution in [0.4, 0.5) is 0 Å². The maximum atomic E-state index is 12.5. The van der Waals surface area contributed by atoms with Crippen LogP contribution in [0.15, 0.2) is 18.7 Å². The van der Waals surface area contributed by atoms with E-state index in [0.29, 0.717) is 38.2 Å². The summed E-state index contributed by atoms with van der Waals surface area (Å²) in [6.07, 6.45) is 7.12. The second kappa shape index (κ2) is 9.26. The minimum Gasteiger partial charge on any atom is -0.376 e. The molecule has 0 unspecified atom stereocenters. The summed E-state index contributed by atoms with van der Waals surface area (Å²) in [4.78, 5) is 35.6. The van der Waals surface area contributed by atoms with Crippen LogP contribution in [0.25, 0.3) is 0 Å². The molecular weight excluding hydrogens is 350 g/mol. The number of ether oxygens (including phenoxy) is 1. The predicted octanol–water partition coefficient (Wildman–Crippen LogP) is 0.538. The van der Waals surface area contributed by atoms with Crippen molar-refractivity contribution in [2.24, 2.45) is 5.92 Å². The fraction of sp³-hybridized carbons (Fsp3) is 0.588. The topological polar surface area (TPSA) is 138 Å². The van der Waals surface area contributed by atoms with Gasteiger partial charge in [-0.2, -0.15) is 5.10 Å². The molecule has 146 valence electrons. The smallest absolute Gasteiger partial charge is 0.287 e. The number of imidazole rings is 1. The number of rotatable bonds is 8. The number of hydrogen-bond acceptors (Lipinski definition) is 6. The molecule has 2 amide bonds. The largest absolute Gasteiger partial charge is 0.376 e. The van der Waals surface area contributed by atoms with E-state index in [-0.39, 0.29) is 35.7 Å². The van der Waals surface area contributed by atoms with Crippen molar-refractivity contribution in [3.63, 3.8) is 0 Å². The molecule has 2 aromatic rings. The molecule has 0 aliphatic heterocycles. The average molecular weight is 375 g/mol. The third-order valence-electron chi connectivity index (χ3n) is 4.62. The summed E-state index contributed by atoms with van der Waals surface area (Å²) in [6.45, 7) is 2.93. The maximum Gasteiger partial charge on any atom is 0.287 e. The van der Waals surface area contributed by atoms with Crippen molar-refractivity contribution in [2.45, 2.75) is 51.3 Å². The predicted molar refractivity (Wildman–Crippen MR) is 95.4 cm³/mol. The number of carbonyl (C=O) groups is 2. The number of H-pyrrole nitrogens is 2. The highest BCUT2D eigenvalue weighted by molar-refractivity contribution is 5.90. The first-order chi connectivity index (χ1) is 13.2. The van der Waals surface area contributed by atoms with Crippen molar-refractivity contribution < 1.29 is 14.3 Å². The van der Waals surface area contributed by atoms with Crippen LogP contribution >= 0.6 is 0 Å². The fourth-order valence-corrected chi connectivity index (χ4v) is 3.24. The van der Waals surface area contributed by atoms with Crippen LogP contribution in [-0.4, -0.2) is 55.7 Å². The first-order valence-electron chi connectivity index (χ1n) is 9.21. The van der Waals surface area contributed by atoms with Gasteiger partial charge in [-0.05, 0) is 25.7 Å². The van der Waals surface area contributed by atoms with E-state index in [1.54, 1.807) is 6.20 Å². The van der Waals surface area contributed by atoms with Gasteiger partial charge in [0.1, 0.15) is 12.2 Å². The summed E-state index contributed by atoms with van der Waals surface area (Å²) in [5.41, 5.74) is 0. The van der Waals surface area contributed by atoms with Crippen LogP contribution in [0.2, 0.25) is 0 Å². The van der Waals surface area contributed by atoms with Crippen molar-refractivity contribution in [2.75, 3.05) is 6.61 Å². The molecule has 1 aliphatic carbocycles. The first-order valence-corrected chi connectivity index (χ1v) is 9.21. The van der Waals surface area contributed by atoms with Crippen molar-refractivity contribution >= 4 is 11.8 Å². The molecular formula is C17H25N7O3. The van der Waals surface area contributed by atoms with Crippen molar-refractivity contribution in [3.05, 3.63) is 30.4 Å². The summed E-state index contributed by atoms with van der Waals surface area (Å²) in [7, 11) is 0. The molecule has 10 nitrogen and oxygen atoms in total. The van der Waals surface area contributed by atoms with E-state index in [2.05, 4.69) is 35.8 Å². The second-order valence-electron chi connectivity index (χ2n) is 6.59. The van der Waals surface area contributed by atoms with Crippen LogP contribution in [0.3, 0.4) is 0 Å². The SMILES string of the molecule is CCCO[C@@H]1C[C@@H](C(=O)NCc2ncn[nH]2)CC[C@H]1NC(=O)c1ncc[nH]1. The number of nitrogens with one attached hydrogen (secondary N) is 4. The lowest BCUT2D eigenvalue weighted by atomic mass is 9.83. The molecule has 2 heterocycles. The molecule has 3 rings (SSSR count). The summed E-state index contributed by atoms with van der Waals surface area (Å²) < 4.78 is 5.94. The van der Waals surface area contributed by atoms with E-state index in [4.69, 9.17) is 4.74 Å². The van der Waals surface area contributed by atoms with Crippen LogP contribution in [0, 0.1) is 5.92 Å². The number of nitrogens with zero attached hydrogens (tertiary/aromatic N) is 3. The van der Waals surface area contributed by atoms with E-state index in [1.165, 1.54) is 12.5 Å². The quantitative estimate of drug-likeness (QED) is 0.531.